The molecule has 0 unspecified atom stereocenters. The van der Waals surface area contributed by atoms with E-state index in [1.54, 1.807) is 0 Å². The average molecular weight is 422 g/mol. The van der Waals surface area contributed by atoms with Gasteiger partial charge in [0.05, 0.1) is 5.33 Å². The number of carbonyl (C=O) groups is 1. The third kappa shape index (κ3) is 3.99. The summed E-state index contributed by atoms with van der Waals surface area (Å²) in [6, 6.07) is 0. The van der Waals surface area contributed by atoms with Gasteiger partial charge in [-0.3, -0.25) is 0 Å². The zero-order chi connectivity index (χ0) is 12.5. The minimum atomic E-state index is -2.17. The molecule has 0 aliphatic rings. The van der Waals surface area contributed by atoms with Crippen LogP contribution in [0.15, 0.2) is 0 Å². The summed E-state index contributed by atoms with van der Waals surface area (Å²) < 4.78 is 0.255. The van der Waals surface area contributed by atoms with Gasteiger partial charge in [-0.2, -0.15) is 0 Å². The van der Waals surface area contributed by atoms with Crippen LogP contribution in [0.5, 0.6) is 0 Å². The van der Waals surface area contributed by atoms with Crippen molar-refractivity contribution >= 4 is 103 Å². The van der Waals surface area contributed by atoms with Gasteiger partial charge in [-0.1, -0.05) is 85.5 Å². The molecule has 0 amide bonds. The number of rotatable bonds is 2. The number of hydrogen-bond acceptors (Lipinski definition) is 2. The molecule has 0 aliphatic carbocycles. The van der Waals surface area contributed by atoms with E-state index in [1.807, 2.05) is 0 Å². The molecule has 0 N–H and O–H groups in total. The number of alkyl halides is 7. The molecule has 0 heterocycles. The second-order valence-electron chi connectivity index (χ2n) is 2.30. The van der Waals surface area contributed by atoms with Crippen molar-refractivity contribution in [1.82, 2.24) is 0 Å². The maximum atomic E-state index is 10.7. The lowest BCUT2D eigenvalue weighted by Crippen LogP contribution is -2.57. The molecule has 0 atom stereocenters. The van der Waals surface area contributed by atoms with Crippen LogP contribution in [0.2, 0.25) is 0 Å². The van der Waals surface area contributed by atoms with Crippen LogP contribution in [0.25, 0.3) is 0 Å². The van der Waals surface area contributed by atoms with Crippen molar-refractivity contribution in [2.24, 2.45) is 0 Å². The molecular formula is C5H2BrCl7O2. The van der Waals surface area contributed by atoms with Crippen molar-refractivity contribution < 1.29 is 9.53 Å². The summed E-state index contributed by atoms with van der Waals surface area (Å²) in [4.78, 5) is 10.7. The van der Waals surface area contributed by atoms with Gasteiger partial charge in [0.15, 0.2) is 0 Å². The first-order valence-electron chi connectivity index (χ1n) is 3.06. The van der Waals surface area contributed by atoms with E-state index in [4.69, 9.17) is 81.2 Å². The van der Waals surface area contributed by atoms with E-state index in [9.17, 15) is 4.79 Å². The van der Waals surface area contributed by atoms with Crippen LogP contribution in [0.1, 0.15) is 0 Å². The van der Waals surface area contributed by atoms with E-state index in [0.717, 1.165) is 0 Å². The lowest BCUT2D eigenvalue weighted by Gasteiger charge is -2.41. The van der Waals surface area contributed by atoms with E-state index >= 15 is 0 Å². The monoisotopic (exact) mass is 418 g/mol. The largest absolute Gasteiger partial charge is 0.437 e. The van der Waals surface area contributed by atoms with E-state index < -0.39 is 18.6 Å². The highest BCUT2D eigenvalue weighted by molar-refractivity contribution is 9.09. The Morgan fingerprint density at radius 3 is 1.47 bits per heavy atom. The van der Waals surface area contributed by atoms with Crippen molar-refractivity contribution in [1.29, 1.82) is 0 Å². The Balaban J connectivity index is 5.42. The fraction of sp³-hybridized carbons (Fsp3) is 0.800. The summed E-state index contributed by atoms with van der Waals surface area (Å²) >= 11 is 41.5. The smallest absolute Gasteiger partial charge is 0.404 e. The molecule has 0 aromatic heterocycles. The minimum Gasteiger partial charge on any atom is -0.437 e. The first-order valence-corrected chi connectivity index (χ1v) is 6.82. The summed E-state index contributed by atoms with van der Waals surface area (Å²) in [5, 5.41) is -0.231. The molecule has 0 spiro atoms. The second kappa shape index (κ2) is 5.75. The minimum absolute atomic E-state index is 0.231. The summed E-state index contributed by atoms with van der Waals surface area (Å²) in [6.45, 7) is 0. The van der Waals surface area contributed by atoms with Gasteiger partial charge >= 0.3 is 5.43 Å². The van der Waals surface area contributed by atoms with Crippen LogP contribution in [0, 0.1) is 0 Å². The zero-order valence-corrected chi connectivity index (χ0v) is 13.4. The lowest BCUT2D eigenvalue weighted by atomic mass is 10.1. The third-order valence-electron chi connectivity index (χ3n) is 1.36. The fourth-order valence-electron chi connectivity index (χ4n) is 0.592. The van der Waals surface area contributed by atoms with E-state index in [-0.39, 0.29) is 5.33 Å². The lowest BCUT2D eigenvalue weighted by molar-refractivity contribution is 0.0528. The molecule has 90 valence electrons. The number of ether oxygens (including phenoxy) is 1. The SMILES string of the molecule is O=C(Cl)OC(CBr)(C(Cl)(Cl)Cl)C(Cl)(Cl)Cl. The molecule has 0 aromatic rings. The van der Waals surface area contributed by atoms with Crippen molar-refractivity contribution in [2.45, 2.75) is 13.2 Å². The Labute approximate surface area is 129 Å². The highest BCUT2D eigenvalue weighted by Gasteiger charge is 2.64. The molecule has 0 saturated heterocycles. The van der Waals surface area contributed by atoms with Gasteiger partial charge in [0.1, 0.15) is 0 Å². The standard InChI is InChI=1S/C5H2BrCl7O2/c6-1-3(4(8,9)10,5(11,12)13)15-2(7)14/h1H2. The van der Waals surface area contributed by atoms with Gasteiger partial charge in [0.25, 0.3) is 0 Å². The van der Waals surface area contributed by atoms with Crippen molar-refractivity contribution in [3.05, 3.63) is 0 Å². The van der Waals surface area contributed by atoms with Crippen LogP contribution < -0.4 is 0 Å². The Morgan fingerprint density at radius 2 is 1.40 bits per heavy atom. The van der Waals surface area contributed by atoms with Gasteiger partial charge in [-0.15, -0.1) is 0 Å². The molecule has 0 bridgehead atoms. The first-order chi connectivity index (χ1) is 6.48. The van der Waals surface area contributed by atoms with Crippen LogP contribution in [0.3, 0.4) is 0 Å². The highest BCUT2D eigenvalue weighted by Crippen LogP contribution is 2.54. The van der Waals surface area contributed by atoms with Gasteiger partial charge < -0.3 is 4.74 Å². The first kappa shape index (κ1) is 17.0. The van der Waals surface area contributed by atoms with Crippen LogP contribution in [0.4, 0.5) is 4.79 Å². The summed E-state index contributed by atoms with van der Waals surface area (Å²) in [5.41, 5.74) is -3.29. The summed E-state index contributed by atoms with van der Waals surface area (Å²) in [6.07, 6.45) is 0. The quantitative estimate of drug-likeness (QED) is 0.450. The van der Waals surface area contributed by atoms with Gasteiger partial charge in [0.2, 0.25) is 13.2 Å². The molecule has 0 fully saturated rings. The van der Waals surface area contributed by atoms with Crippen molar-refractivity contribution in [3.8, 4) is 0 Å². The molecule has 0 rings (SSSR count). The second-order valence-corrected chi connectivity index (χ2v) is 7.73. The maximum absolute atomic E-state index is 10.7. The predicted molar refractivity (Wildman–Crippen MR) is 69.4 cm³/mol. The Hall–Kier alpha value is 1.98. The van der Waals surface area contributed by atoms with E-state index in [2.05, 4.69) is 20.7 Å². The maximum Gasteiger partial charge on any atom is 0.404 e. The van der Waals surface area contributed by atoms with E-state index in [0.29, 0.717) is 0 Å². The molecule has 15 heavy (non-hydrogen) atoms. The molecule has 0 aromatic carbocycles. The molecular weight excluding hydrogens is 420 g/mol. The molecule has 0 aliphatic heterocycles. The topological polar surface area (TPSA) is 26.3 Å². The number of hydrogen-bond donors (Lipinski definition) is 0. The Bertz CT molecular complexity index is 231. The Kier molecular flexibility index (Phi) is 6.51. The van der Waals surface area contributed by atoms with Gasteiger partial charge in [-0.25, -0.2) is 4.79 Å². The van der Waals surface area contributed by atoms with Crippen LogP contribution in [-0.2, 0) is 4.74 Å². The number of halogens is 8. The average Bonchev–Trinajstić information content (AvgIpc) is 1.94. The normalized spacial score (nSPS) is 13.9. The predicted octanol–water partition coefficient (Wildman–Crippen LogP) is 5.24. The fourth-order valence-corrected chi connectivity index (χ4v) is 4.57. The molecule has 0 saturated carbocycles. The summed E-state index contributed by atoms with van der Waals surface area (Å²) in [5.74, 6) is 0. The number of carbonyl (C=O) groups excluding carboxylic acids is 1. The van der Waals surface area contributed by atoms with Gasteiger partial charge in [0, 0.05) is 11.6 Å². The van der Waals surface area contributed by atoms with Gasteiger partial charge in [-0.05, 0) is 0 Å². The van der Waals surface area contributed by atoms with Crippen molar-refractivity contribution in [3.63, 3.8) is 0 Å². The zero-order valence-electron chi connectivity index (χ0n) is 6.55. The van der Waals surface area contributed by atoms with Crippen molar-refractivity contribution in [2.75, 3.05) is 5.33 Å². The highest BCUT2D eigenvalue weighted by atomic mass is 79.9. The molecule has 2 nitrogen and oxygen atoms in total. The van der Waals surface area contributed by atoms with E-state index in [1.165, 1.54) is 0 Å². The van der Waals surface area contributed by atoms with Crippen LogP contribution >= 0.6 is 97.1 Å². The third-order valence-corrected chi connectivity index (χ3v) is 4.06. The van der Waals surface area contributed by atoms with Crippen LogP contribution in [-0.4, -0.2) is 23.9 Å². The Morgan fingerprint density at radius 1 is 1.07 bits per heavy atom. The molecule has 0 radical (unpaired) electrons. The summed E-state index contributed by atoms with van der Waals surface area (Å²) in [7, 11) is 0. The molecule has 10 heteroatoms.